The summed E-state index contributed by atoms with van der Waals surface area (Å²) in [5.41, 5.74) is -0.475. The molecule has 0 unspecified atom stereocenters. The topological polar surface area (TPSA) is 17.1 Å². The molecule has 0 spiro atoms. The number of carbonyl (C=O) groups is 1. The number of hydrogen-bond donors (Lipinski definition) is 0. The molecule has 6 heteroatoms. The summed E-state index contributed by atoms with van der Waals surface area (Å²) < 4.78 is 37.6. The van der Waals surface area contributed by atoms with Crippen LogP contribution in [-0.2, 0) is 0 Å². The molecule has 0 heterocycles. The first-order valence-electron chi connectivity index (χ1n) is 3.38. The molecule has 0 atom stereocenters. The van der Waals surface area contributed by atoms with Crippen LogP contribution in [0, 0.1) is 5.82 Å². The molecule has 0 aromatic heterocycles. The third-order valence-electron chi connectivity index (χ3n) is 1.38. The molecule has 0 fully saturated rings. The lowest BCUT2D eigenvalue weighted by molar-refractivity contribution is 0.0592. The molecular formula is C8H3BrClF3O. The molecule has 0 aliphatic heterocycles. The summed E-state index contributed by atoms with van der Waals surface area (Å²) in [5, 5.41) is -0.106. The predicted octanol–water partition coefficient (Wildman–Crippen LogP) is 3.65. The zero-order valence-corrected chi connectivity index (χ0v) is 8.87. The van der Waals surface area contributed by atoms with Crippen LogP contribution in [0.4, 0.5) is 13.2 Å². The van der Waals surface area contributed by atoms with Crippen molar-refractivity contribution >= 4 is 33.3 Å². The molecule has 0 N–H and O–H groups in total. The molecule has 1 aromatic carbocycles. The Morgan fingerprint density at radius 2 is 1.93 bits per heavy atom. The smallest absolute Gasteiger partial charge is 0.286 e. The normalized spacial score (nSPS) is 11.5. The summed E-state index contributed by atoms with van der Waals surface area (Å²) in [5.74, 6) is -2.36. The Bertz CT molecular complexity index is 355. The summed E-state index contributed by atoms with van der Waals surface area (Å²) in [7, 11) is 0. The van der Waals surface area contributed by atoms with E-state index in [4.69, 9.17) is 11.6 Å². The van der Waals surface area contributed by atoms with Crippen LogP contribution >= 0.6 is 27.5 Å². The van der Waals surface area contributed by atoms with E-state index in [2.05, 4.69) is 0 Å². The second kappa shape index (κ2) is 3.90. The molecule has 1 nitrogen and oxygen atoms in total. The predicted molar refractivity (Wildman–Crippen MR) is 49.6 cm³/mol. The van der Waals surface area contributed by atoms with E-state index < -0.39 is 22.0 Å². The van der Waals surface area contributed by atoms with Crippen molar-refractivity contribution in [3.05, 3.63) is 34.6 Å². The molecule has 14 heavy (non-hydrogen) atoms. The van der Waals surface area contributed by atoms with Crippen LogP contribution in [-0.4, -0.2) is 10.6 Å². The first kappa shape index (κ1) is 11.5. The van der Waals surface area contributed by atoms with E-state index in [1.54, 1.807) is 0 Å². The molecule has 0 aliphatic rings. The number of halogens is 5. The lowest BCUT2D eigenvalue weighted by atomic mass is 10.1. The van der Waals surface area contributed by atoms with Crippen LogP contribution in [0.3, 0.4) is 0 Å². The molecule has 76 valence electrons. The number of ketones is 1. The Kier molecular flexibility index (Phi) is 3.21. The first-order chi connectivity index (χ1) is 6.30. The number of rotatable bonds is 2. The van der Waals surface area contributed by atoms with E-state index in [-0.39, 0.29) is 5.02 Å². The van der Waals surface area contributed by atoms with Gasteiger partial charge in [-0.05, 0) is 34.1 Å². The summed E-state index contributed by atoms with van der Waals surface area (Å²) in [6.45, 7) is 0. The third-order valence-corrected chi connectivity index (χ3v) is 1.96. The van der Waals surface area contributed by atoms with Gasteiger partial charge in [0, 0.05) is 10.6 Å². The Morgan fingerprint density at radius 1 is 1.36 bits per heavy atom. The highest BCUT2D eigenvalue weighted by Crippen LogP contribution is 2.28. The lowest BCUT2D eigenvalue weighted by Crippen LogP contribution is -2.20. The minimum atomic E-state index is -3.70. The van der Waals surface area contributed by atoms with Crippen molar-refractivity contribution in [3.63, 3.8) is 0 Å². The van der Waals surface area contributed by atoms with E-state index in [0.29, 0.717) is 6.07 Å². The molecule has 0 radical (unpaired) electrons. The molecule has 0 amide bonds. The van der Waals surface area contributed by atoms with Crippen molar-refractivity contribution in [2.24, 2.45) is 0 Å². The van der Waals surface area contributed by atoms with Crippen LogP contribution in [0.5, 0.6) is 0 Å². The third kappa shape index (κ3) is 2.72. The Hall–Kier alpha value is -0.550. The number of carbonyl (C=O) groups excluding carboxylic acids is 1. The lowest BCUT2D eigenvalue weighted by Gasteiger charge is -2.06. The van der Waals surface area contributed by atoms with E-state index in [9.17, 15) is 18.0 Å². The second-order valence-corrected chi connectivity index (χ2v) is 3.92. The van der Waals surface area contributed by atoms with Crippen LogP contribution in [0.1, 0.15) is 10.4 Å². The van der Waals surface area contributed by atoms with Crippen LogP contribution in [0.15, 0.2) is 18.2 Å². The van der Waals surface area contributed by atoms with Gasteiger partial charge in [0.05, 0.1) is 0 Å². The standard InChI is InChI=1S/C8H3BrClF3O/c9-8(12,13)7(14)4-1-5(10)3-6(11)2-4/h1-3H. The SMILES string of the molecule is O=C(c1cc(F)cc(Cl)c1)C(F)(F)Br. The van der Waals surface area contributed by atoms with Crippen molar-refractivity contribution < 1.29 is 18.0 Å². The molecular weight excluding hydrogens is 284 g/mol. The van der Waals surface area contributed by atoms with Gasteiger partial charge in [-0.25, -0.2) is 4.39 Å². The second-order valence-electron chi connectivity index (χ2n) is 2.49. The van der Waals surface area contributed by atoms with E-state index in [1.165, 1.54) is 0 Å². The highest BCUT2D eigenvalue weighted by molar-refractivity contribution is 9.10. The Labute approximate surface area is 91.0 Å². The minimum Gasteiger partial charge on any atom is -0.286 e. The van der Waals surface area contributed by atoms with E-state index >= 15 is 0 Å². The van der Waals surface area contributed by atoms with Gasteiger partial charge < -0.3 is 0 Å². The Balaban J connectivity index is 3.14. The van der Waals surface area contributed by atoms with Gasteiger partial charge >= 0.3 is 4.83 Å². The van der Waals surface area contributed by atoms with Crippen molar-refractivity contribution in [2.75, 3.05) is 0 Å². The maximum absolute atomic E-state index is 12.7. The average molecular weight is 287 g/mol. The van der Waals surface area contributed by atoms with E-state index in [1.807, 2.05) is 15.9 Å². The average Bonchev–Trinajstić information content (AvgIpc) is 1.99. The fraction of sp³-hybridized carbons (Fsp3) is 0.125. The number of Topliss-reactive ketones (excluding diaryl/α,β-unsaturated/α-hetero) is 1. The maximum Gasteiger partial charge on any atom is 0.363 e. The number of benzene rings is 1. The van der Waals surface area contributed by atoms with Gasteiger partial charge in [-0.15, -0.1) is 0 Å². The minimum absolute atomic E-state index is 0.106. The van der Waals surface area contributed by atoms with Crippen molar-refractivity contribution in [2.45, 2.75) is 4.83 Å². The number of alkyl halides is 3. The summed E-state index contributed by atoms with van der Waals surface area (Å²) in [6.07, 6.45) is 0. The molecule has 0 aliphatic carbocycles. The highest BCUT2D eigenvalue weighted by atomic mass is 79.9. The van der Waals surface area contributed by atoms with Crippen LogP contribution in [0.25, 0.3) is 0 Å². The fourth-order valence-corrected chi connectivity index (χ4v) is 1.30. The van der Waals surface area contributed by atoms with Crippen molar-refractivity contribution in [1.82, 2.24) is 0 Å². The van der Waals surface area contributed by atoms with Gasteiger partial charge in [0.1, 0.15) is 5.82 Å². The quantitative estimate of drug-likeness (QED) is 0.599. The monoisotopic (exact) mass is 286 g/mol. The zero-order chi connectivity index (χ0) is 10.9. The van der Waals surface area contributed by atoms with Gasteiger partial charge in [-0.2, -0.15) is 8.78 Å². The number of hydrogen-bond acceptors (Lipinski definition) is 1. The molecule has 0 bridgehead atoms. The van der Waals surface area contributed by atoms with Gasteiger partial charge in [0.2, 0.25) is 5.78 Å². The van der Waals surface area contributed by atoms with Gasteiger partial charge in [0.15, 0.2) is 0 Å². The van der Waals surface area contributed by atoms with Gasteiger partial charge in [0.25, 0.3) is 0 Å². The van der Waals surface area contributed by atoms with Crippen LogP contribution < -0.4 is 0 Å². The molecule has 0 saturated heterocycles. The first-order valence-corrected chi connectivity index (χ1v) is 4.55. The van der Waals surface area contributed by atoms with E-state index in [0.717, 1.165) is 12.1 Å². The van der Waals surface area contributed by atoms with Crippen LogP contribution in [0.2, 0.25) is 5.02 Å². The zero-order valence-electron chi connectivity index (χ0n) is 6.53. The van der Waals surface area contributed by atoms with Crippen molar-refractivity contribution in [1.29, 1.82) is 0 Å². The maximum atomic E-state index is 12.7. The molecule has 0 saturated carbocycles. The largest absolute Gasteiger partial charge is 0.363 e. The van der Waals surface area contributed by atoms with Gasteiger partial charge in [-0.3, -0.25) is 4.79 Å². The summed E-state index contributed by atoms with van der Waals surface area (Å²) in [6, 6.07) is 2.59. The fourth-order valence-electron chi connectivity index (χ4n) is 0.849. The van der Waals surface area contributed by atoms with Gasteiger partial charge in [-0.1, -0.05) is 11.6 Å². The Morgan fingerprint density at radius 3 is 2.36 bits per heavy atom. The van der Waals surface area contributed by atoms with Crippen molar-refractivity contribution in [3.8, 4) is 0 Å². The highest BCUT2D eigenvalue weighted by Gasteiger charge is 2.36. The molecule has 1 aromatic rings. The molecule has 1 rings (SSSR count). The summed E-state index contributed by atoms with van der Waals surface area (Å²) in [4.78, 5) is 7.24. The summed E-state index contributed by atoms with van der Waals surface area (Å²) >= 11 is 7.27.